The van der Waals surface area contributed by atoms with Gasteiger partial charge in [-0.2, -0.15) is 0 Å². The third kappa shape index (κ3) is 5.40. The van der Waals surface area contributed by atoms with Gasteiger partial charge in [0.05, 0.1) is 22.4 Å². The van der Waals surface area contributed by atoms with E-state index in [1.165, 1.54) is 88.7 Å². The topological polar surface area (TPSA) is 8.17 Å². The fourth-order valence-electron chi connectivity index (χ4n) is 9.96. The summed E-state index contributed by atoms with van der Waals surface area (Å²) in [6.45, 7) is 11.7. The Kier molecular flexibility index (Phi) is 7.81. The van der Waals surface area contributed by atoms with Gasteiger partial charge in [-0.15, -0.1) is 0 Å². The minimum atomic E-state index is -0.121. The second kappa shape index (κ2) is 13.1. The lowest BCUT2D eigenvalue weighted by Crippen LogP contribution is -2.19. The Balaban J connectivity index is 1.26. The monoisotopic (exact) mass is 758 g/mol. The van der Waals surface area contributed by atoms with Crippen molar-refractivity contribution in [3.05, 3.63) is 227 Å². The Morgan fingerprint density at radius 1 is 0.441 bits per heavy atom. The van der Waals surface area contributed by atoms with Crippen LogP contribution in [0.4, 0.5) is 17.1 Å². The fourth-order valence-corrected chi connectivity index (χ4v) is 9.96. The molecular formula is C57H46N2. The largest absolute Gasteiger partial charge is 0.309 e. The molecule has 0 fully saturated rings. The lowest BCUT2D eigenvalue weighted by atomic mass is 9.81. The van der Waals surface area contributed by atoms with Gasteiger partial charge in [-0.3, -0.25) is 0 Å². The van der Waals surface area contributed by atoms with Crippen LogP contribution < -0.4 is 4.90 Å². The van der Waals surface area contributed by atoms with Crippen LogP contribution in [-0.4, -0.2) is 4.57 Å². The smallest absolute Gasteiger partial charge is 0.0544 e. The third-order valence-electron chi connectivity index (χ3n) is 12.9. The van der Waals surface area contributed by atoms with E-state index in [1.54, 1.807) is 0 Å². The lowest BCUT2D eigenvalue weighted by Gasteiger charge is -2.36. The number of hydrogen-bond donors (Lipinski definition) is 0. The van der Waals surface area contributed by atoms with Crippen molar-refractivity contribution < 1.29 is 0 Å². The number of aromatic nitrogens is 1. The number of rotatable bonds is 4. The second-order valence-corrected chi connectivity index (χ2v) is 17.8. The van der Waals surface area contributed by atoms with Crippen molar-refractivity contribution in [1.82, 2.24) is 4.57 Å². The van der Waals surface area contributed by atoms with Gasteiger partial charge in [0.15, 0.2) is 0 Å². The van der Waals surface area contributed by atoms with E-state index in [1.807, 2.05) is 0 Å². The van der Waals surface area contributed by atoms with Crippen molar-refractivity contribution in [3.8, 4) is 16.8 Å². The molecule has 2 heteroatoms. The Labute approximate surface area is 347 Å². The van der Waals surface area contributed by atoms with Crippen molar-refractivity contribution in [2.24, 2.45) is 0 Å². The van der Waals surface area contributed by atoms with E-state index in [4.69, 9.17) is 0 Å². The van der Waals surface area contributed by atoms with Crippen LogP contribution in [0.5, 0.6) is 0 Å². The Morgan fingerprint density at radius 2 is 1.03 bits per heavy atom. The van der Waals surface area contributed by atoms with Gasteiger partial charge in [-0.1, -0.05) is 162 Å². The molecule has 0 bridgehead atoms. The van der Waals surface area contributed by atoms with E-state index in [-0.39, 0.29) is 10.8 Å². The first kappa shape index (κ1) is 35.3. The number of fused-ring (bicyclic) bond motifs is 8. The second-order valence-electron chi connectivity index (χ2n) is 17.8. The van der Waals surface area contributed by atoms with Crippen molar-refractivity contribution in [2.45, 2.75) is 45.4 Å². The van der Waals surface area contributed by atoms with Crippen LogP contribution in [0.1, 0.15) is 73.6 Å². The Hall–Kier alpha value is -6.90. The Morgan fingerprint density at radius 3 is 1.73 bits per heavy atom. The number of para-hydroxylation sites is 2. The van der Waals surface area contributed by atoms with E-state index in [2.05, 4.69) is 232 Å². The first-order chi connectivity index (χ1) is 28.7. The maximum absolute atomic E-state index is 2.53. The molecule has 0 atom stereocenters. The molecule has 0 unspecified atom stereocenters. The van der Waals surface area contributed by atoms with Gasteiger partial charge < -0.3 is 9.47 Å². The Bertz CT molecular complexity index is 3100. The molecule has 59 heavy (non-hydrogen) atoms. The van der Waals surface area contributed by atoms with E-state index in [0.29, 0.717) is 0 Å². The standard InChI is InChI=1S/C57H46N2/c1-56(2,3)39-29-31-51-45(33-39)46-35-44-42-25-15-17-27-48(42)57(4,5)49(44)36-53(46)59(51)41-30-32-52-47(34-41)55(54(37-19-9-6-10-20-37)38-21-11-7-12-22-38)43-26-16-18-28-50(43)58(52)40-23-13-8-14-24-40/h6-36H,1-5H3. The zero-order valence-electron chi connectivity index (χ0n) is 34.3. The summed E-state index contributed by atoms with van der Waals surface area (Å²) in [6.07, 6.45) is 0. The fraction of sp³-hybridized carbons (Fsp3) is 0.123. The van der Waals surface area contributed by atoms with Crippen molar-refractivity contribution in [2.75, 3.05) is 4.90 Å². The van der Waals surface area contributed by atoms with E-state index >= 15 is 0 Å². The lowest BCUT2D eigenvalue weighted by molar-refractivity contribution is 0.591. The predicted molar refractivity (Wildman–Crippen MR) is 250 cm³/mol. The van der Waals surface area contributed by atoms with Gasteiger partial charge in [-0.05, 0) is 111 Å². The third-order valence-corrected chi connectivity index (χ3v) is 12.9. The van der Waals surface area contributed by atoms with E-state index in [9.17, 15) is 0 Å². The molecule has 11 rings (SSSR count). The average molecular weight is 759 g/mol. The molecule has 0 spiro atoms. The maximum atomic E-state index is 2.53. The molecule has 8 aromatic carbocycles. The summed E-state index contributed by atoms with van der Waals surface area (Å²) in [5.74, 6) is 0. The number of benzene rings is 8. The molecule has 9 aromatic rings. The summed E-state index contributed by atoms with van der Waals surface area (Å²) in [5, 5.41) is 2.58. The molecule has 2 aliphatic rings. The molecule has 1 aliphatic carbocycles. The quantitative estimate of drug-likeness (QED) is 0.174. The summed E-state index contributed by atoms with van der Waals surface area (Å²) >= 11 is 0. The summed E-state index contributed by atoms with van der Waals surface area (Å²) in [7, 11) is 0. The highest BCUT2D eigenvalue weighted by atomic mass is 15.2. The normalized spacial score (nSPS) is 13.9. The zero-order chi connectivity index (χ0) is 40.0. The first-order valence-electron chi connectivity index (χ1n) is 20.9. The van der Waals surface area contributed by atoms with Crippen LogP contribution in [-0.2, 0) is 10.8 Å². The molecule has 1 aliphatic heterocycles. The number of hydrogen-bond acceptors (Lipinski definition) is 1. The van der Waals surface area contributed by atoms with Gasteiger partial charge in [-0.25, -0.2) is 0 Å². The number of anilines is 3. The molecule has 0 radical (unpaired) electrons. The van der Waals surface area contributed by atoms with E-state index in [0.717, 1.165) is 17.1 Å². The number of nitrogens with zero attached hydrogens (tertiary/aromatic N) is 2. The van der Waals surface area contributed by atoms with Gasteiger partial charge in [0.25, 0.3) is 0 Å². The molecule has 2 nitrogen and oxygen atoms in total. The van der Waals surface area contributed by atoms with Crippen molar-refractivity contribution >= 4 is 50.0 Å². The minimum absolute atomic E-state index is 0.0129. The van der Waals surface area contributed by atoms with Crippen LogP contribution in [0.15, 0.2) is 188 Å². The highest BCUT2D eigenvalue weighted by Crippen LogP contribution is 2.54. The zero-order valence-corrected chi connectivity index (χ0v) is 34.3. The SMILES string of the molecule is CC(C)(C)c1ccc2c(c1)c1cc3c(cc1n2-c1ccc2c(c1)C(=C(c1ccccc1)c1ccccc1)c1ccccc1N2c1ccccc1)C(C)(C)c1ccccc1-3. The van der Waals surface area contributed by atoms with E-state index < -0.39 is 0 Å². The molecule has 0 saturated carbocycles. The molecular weight excluding hydrogens is 713 g/mol. The van der Waals surface area contributed by atoms with Gasteiger partial charge in [0, 0.05) is 44.3 Å². The molecule has 0 saturated heterocycles. The molecule has 0 amide bonds. The maximum Gasteiger partial charge on any atom is 0.0544 e. The van der Waals surface area contributed by atoms with Crippen LogP contribution in [0.25, 0.3) is 49.8 Å². The average Bonchev–Trinajstić information content (AvgIpc) is 3.70. The summed E-state index contributed by atoms with van der Waals surface area (Å²) < 4.78 is 2.53. The van der Waals surface area contributed by atoms with Crippen molar-refractivity contribution in [3.63, 3.8) is 0 Å². The van der Waals surface area contributed by atoms with Gasteiger partial charge in [0.1, 0.15) is 0 Å². The van der Waals surface area contributed by atoms with Gasteiger partial charge in [0.2, 0.25) is 0 Å². The van der Waals surface area contributed by atoms with Crippen LogP contribution in [0, 0.1) is 0 Å². The highest BCUT2D eigenvalue weighted by molar-refractivity contribution is 6.14. The minimum Gasteiger partial charge on any atom is -0.309 e. The van der Waals surface area contributed by atoms with Crippen LogP contribution >= 0.6 is 0 Å². The first-order valence-corrected chi connectivity index (χ1v) is 20.9. The predicted octanol–water partition coefficient (Wildman–Crippen LogP) is 15.2. The van der Waals surface area contributed by atoms with Crippen LogP contribution in [0.2, 0.25) is 0 Å². The van der Waals surface area contributed by atoms with Crippen molar-refractivity contribution in [1.29, 1.82) is 0 Å². The molecule has 1 aromatic heterocycles. The summed E-state index contributed by atoms with van der Waals surface area (Å²) in [4.78, 5) is 2.44. The summed E-state index contributed by atoms with van der Waals surface area (Å²) in [6, 6.07) is 69.9. The van der Waals surface area contributed by atoms with Gasteiger partial charge >= 0.3 is 0 Å². The molecule has 2 heterocycles. The molecule has 0 N–H and O–H groups in total. The highest BCUT2D eigenvalue weighted by Gasteiger charge is 2.37. The van der Waals surface area contributed by atoms with Crippen LogP contribution in [0.3, 0.4) is 0 Å². The summed E-state index contributed by atoms with van der Waals surface area (Å²) in [5.41, 5.74) is 21.0. The molecule has 284 valence electrons.